The molecule has 1 fully saturated rings. The summed E-state index contributed by atoms with van der Waals surface area (Å²) in [6, 6.07) is 0. The molecule has 74 valence electrons. The molecule has 1 aliphatic rings. The molecule has 0 amide bonds. The molecule has 7 heteroatoms. The Morgan fingerprint density at radius 3 is 2.15 bits per heavy atom. The van der Waals surface area contributed by atoms with Crippen molar-refractivity contribution in [3.05, 3.63) is 0 Å². The van der Waals surface area contributed by atoms with Crippen molar-refractivity contribution >= 4 is 19.3 Å². The highest BCUT2D eigenvalue weighted by atomic mass is 31.2. The second kappa shape index (κ2) is 2.90. The summed E-state index contributed by atoms with van der Waals surface area (Å²) in [5.41, 5.74) is 0. The molecule has 0 aromatic rings. The smallest absolute Gasteiger partial charge is 0.343 e. The maximum absolute atomic E-state index is 10.9. The minimum absolute atomic E-state index is 0.0720. The zero-order valence-electron chi connectivity index (χ0n) is 6.63. The average Bonchev–Trinajstić information content (AvgIpc) is 2.30. The molecule has 1 atom stereocenters. The molecule has 0 saturated heterocycles. The van der Waals surface area contributed by atoms with Gasteiger partial charge in [0, 0.05) is 12.8 Å². The van der Waals surface area contributed by atoms with Crippen molar-refractivity contribution in [2.24, 2.45) is 0 Å². The Morgan fingerprint density at radius 1 is 1.46 bits per heavy atom. The topological polar surface area (TPSA) is 112 Å². The summed E-state index contributed by atoms with van der Waals surface area (Å²) in [5.74, 6) is -2.00. The van der Waals surface area contributed by atoms with Crippen LogP contribution in [0.25, 0.3) is 0 Å². The highest BCUT2D eigenvalue weighted by Gasteiger charge is 2.57. The summed E-state index contributed by atoms with van der Waals surface area (Å²) in [5, 5.41) is 6.51. The molecule has 0 aromatic carbocycles. The van der Waals surface area contributed by atoms with E-state index in [4.69, 9.17) is 14.9 Å². The van der Waals surface area contributed by atoms with Crippen LogP contribution < -0.4 is 0 Å². The number of carboxylic acid groups (broad SMARTS) is 1. The van der Waals surface area contributed by atoms with Gasteiger partial charge in [-0.1, -0.05) is 0 Å². The van der Waals surface area contributed by atoms with E-state index in [9.17, 15) is 14.2 Å². The van der Waals surface area contributed by atoms with Crippen LogP contribution in [0.4, 0.5) is 0 Å². The second-order valence-electron chi connectivity index (χ2n) is 3.10. The van der Waals surface area contributed by atoms with Crippen molar-refractivity contribution in [2.75, 3.05) is 0 Å². The van der Waals surface area contributed by atoms with Crippen LogP contribution in [0.5, 0.6) is 0 Å². The molecule has 0 radical (unpaired) electrons. The molecule has 0 heterocycles. The minimum atomic E-state index is -4.76. The number of hydrogen-bond acceptors (Lipinski definition) is 3. The SMILES string of the molecule is O=C1CCC(C(=O)O)(P(=O)(O)O)C1. The monoisotopic (exact) mass is 208 g/mol. The van der Waals surface area contributed by atoms with Crippen molar-refractivity contribution in [3.63, 3.8) is 0 Å². The predicted molar refractivity (Wildman–Crippen MR) is 41.3 cm³/mol. The van der Waals surface area contributed by atoms with Crippen molar-refractivity contribution in [3.8, 4) is 0 Å². The standard InChI is InChI=1S/C6H9O6P/c7-4-1-2-6(3-4,5(8)9)13(10,11)12/h1-3H2,(H,8,9)(H2,10,11,12). The largest absolute Gasteiger partial charge is 0.480 e. The third-order valence-corrected chi connectivity index (χ3v) is 3.95. The third-order valence-electron chi connectivity index (χ3n) is 2.26. The lowest BCUT2D eigenvalue weighted by atomic mass is 10.1. The summed E-state index contributed by atoms with van der Waals surface area (Å²) in [4.78, 5) is 39.1. The fraction of sp³-hybridized carbons (Fsp3) is 0.667. The van der Waals surface area contributed by atoms with Gasteiger partial charge in [0.2, 0.25) is 0 Å². The van der Waals surface area contributed by atoms with Gasteiger partial charge in [0.1, 0.15) is 5.78 Å². The Balaban J connectivity index is 3.12. The first-order valence-electron chi connectivity index (χ1n) is 3.60. The van der Waals surface area contributed by atoms with Crippen LogP contribution in [-0.4, -0.2) is 31.8 Å². The molecule has 0 aliphatic heterocycles. The predicted octanol–water partition coefficient (Wildman–Crippen LogP) is -0.260. The van der Waals surface area contributed by atoms with Crippen LogP contribution in [0, 0.1) is 0 Å². The lowest BCUT2D eigenvalue weighted by Gasteiger charge is -2.23. The van der Waals surface area contributed by atoms with Gasteiger partial charge in [-0.2, -0.15) is 0 Å². The van der Waals surface area contributed by atoms with E-state index in [2.05, 4.69) is 0 Å². The lowest BCUT2D eigenvalue weighted by Crippen LogP contribution is -2.35. The van der Waals surface area contributed by atoms with Crippen LogP contribution in [0.15, 0.2) is 0 Å². The lowest BCUT2D eigenvalue weighted by molar-refractivity contribution is -0.141. The van der Waals surface area contributed by atoms with Crippen molar-refractivity contribution < 1.29 is 29.0 Å². The molecule has 1 rings (SSSR count). The highest BCUT2D eigenvalue weighted by Crippen LogP contribution is 2.57. The first kappa shape index (κ1) is 10.4. The van der Waals surface area contributed by atoms with Gasteiger partial charge >= 0.3 is 13.6 Å². The zero-order valence-corrected chi connectivity index (χ0v) is 7.53. The first-order chi connectivity index (χ1) is 5.79. The fourth-order valence-electron chi connectivity index (χ4n) is 1.40. The Hall–Kier alpha value is -0.710. The number of Topliss-reactive ketones (excluding diaryl/α,β-unsaturated/α-hetero) is 1. The number of rotatable bonds is 2. The summed E-state index contributed by atoms with van der Waals surface area (Å²) in [6.07, 6.45) is -0.907. The van der Waals surface area contributed by atoms with Crippen molar-refractivity contribution in [1.29, 1.82) is 0 Å². The number of carbonyl (C=O) groups excluding carboxylic acids is 1. The molecule has 0 spiro atoms. The number of carboxylic acids is 1. The van der Waals surface area contributed by atoms with Gasteiger partial charge in [-0.05, 0) is 6.42 Å². The molecule has 6 nitrogen and oxygen atoms in total. The summed E-state index contributed by atoms with van der Waals surface area (Å²) < 4.78 is 10.9. The van der Waals surface area contributed by atoms with Gasteiger partial charge in [-0.15, -0.1) is 0 Å². The van der Waals surface area contributed by atoms with Gasteiger partial charge in [0.25, 0.3) is 0 Å². The zero-order chi connectivity index (χ0) is 10.3. The van der Waals surface area contributed by atoms with E-state index in [0.29, 0.717) is 0 Å². The molecule has 13 heavy (non-hydrogen) atoms. The van der Waals surface area contributed by atoms with Gasteiger partial charge in [0.15, 0.2) is 5.16 Å². The number of aliphatic carboxylic acids is 1. The molecule has 0 aromatic heterocycles. The number of carbonyl (C=O) groups is 2. The van der Waals surface area contributed by atoms with Crippen LogP contribution in [0.3, 0.4) is 0 Å². The maximum Gasteiger partial charge on any atom is 0.343 e. The Bertz CT molecular complexity index is 304. The van der Waals surface area contributed by atoms with Gasteiger partial charge in [0.05, 0.1) is 0 Å². The van der Waals surface area contributed by atoms with Crippen LogP contribution in [-0.2, 0) is 14.2 Å². The third kappa shape index (κ3) is 1.52. The van der Waals surface area contributed by atoms with E-state index in [0.717, 1.165) is 0 Å². The van der Waals surface area contributed by atoms with Crippen LogP contribution in [0.1, 0.15) is 19.3 Å². The fourth-order valence-corrected chi connectivity index (χ4v) is 2.44. The quantitative estimate of drug-likeness (QED) is 0.539. The van der Waals surface area contributed by atoms with Crippen LogP contribution >= 0.6 is 7.60 Å². The summed E-state index contributed by atoms with van der Waals surface area (Å²) >= 11 is 0. The molecule has 3 N–H and O–H groups in total. The summed E-state index contributed by atoms with van der Waals surface area (Å²) in [6.45, 7) is 0. The van der Waals surface area contributed by atoms with E-state index < -0.39 is 30.9 Å². The molecular weight excluding hydrogens is 199 g/mol. The molecular formula is C6H9O6P. The van der Waals surface area contributed by atoms with Crippen molar-refractivity contribution in [1.82, 2.24) is 0 Å². The Labute approximate surface area is 73.7 Å². The van der Waals surface area contributed by atoms with Gasteiger partial charge in [-0.3, -0.25) is 14.2 Å². The maximum atomic E-state index is 10.9. The Kier molecular flexibility index (Phi) is 2.32. The van der Waals surface area contributed by atoms with Gasteiger partial charge < -0.3 is 14.9 Å². The van der Waals surface area contributed by atoms with Crippen molar-refractivity contribution in [2.45, 2.75) is 24.4 Å². The number of hydrogen-bond donors (Lipinski definition) is 3. The van der Waals surface area contributed by atoms with E-state index >= 15 is 0 Å². The second-order valence-corrected chi connectivity index (χ2v) is 5.04. The first-order valence-corrected chi connectivity index (χ1v) is 5.21. The molecule has 0 bridgehead atoms. The van der Waals surface area contributed by atoms with E-state index in [-0.39, 0.29) is 12.8 Å². The molecule has 1 saturated carbocycles. The minimum Gasteiger partial charge on any atom is -0.480 e. The molecule has 1 aliphatic carbocycles. The van der Waals surface area contributed by atoms with E-state index in [1.165, 1.54) is 0 Å². The average molecular weight is 208 g/mol. The van der Waals surface area contributed by atoms with Crippen LogP contribution in [0.2, 0.25) is 0 Å². The van der Waals surface area contributed by atoms with E-state index in [1.54, 1.807) is 0 Å². The highest BCUT2D eigenvalue weighted by molar-refractivity contribution is 7.54. The molecule has 1 unspecified atom stereocenters. The normalized spacial score (nSPS) is 29.2. The van der Waals surface area contributed by atoms with E-state index in [1.807, 2.05) is 0 Å². The number of ketones is 1. The summed E-state index contributed by atoms with van der Waals surface area (Å²) in [7, 11) is -4.76. The Morgan fingerprint density at radius 2 is 2.00 bits per heavy atom. The van der Waals surface area contributed by atoms with Gasteiger partial charge in [-0.25, -0.2) is 0 Å².